The quantitative estimate of drug-likeness (QED) is 0.766. The van der Waals surface area contributed by atoms with Crippen molar-refractivity contribution in [1.82, 2.24) is 0 Å². The zero-order valence-electron chi connectivity index (χ0n) is 10.7. The molecule has 0 amide bonds. The van der Waals surface area contributed by atoms with Crippen molar-refractivity contribution >= 4 is 6.29 Å². The number of ether oxygens (including phenoxy) is 2. The Balaban J connectivity index is 2.12. The summed E-state index contributed by atoms with van der Waals surface area (Å²) < 4.78 is 35.5. The van der Waals surface area contributed by atoms with Crippen molar-refractivity contribution in [3.8, 4) is 17.2 Å². The molecule has 0 saturated carbocycles. The van der Waals surface area contributed by atoms with Crippen molar-refractivity contribution in [3.05, 3.63) is 54.1 Å². The van der Waals surface area contributed by atoms with Gasteiger partial charge in [0.2, 0.25) is 0 Å². The Morgan fingerprint density at radius 2 is 1.65 bits per heavy atom. The van der Waals surface area contributed by atoms with E-state index in [4.69, 9.17) is 4.74 Å². The molecule has 20 heavy (non-hydrogen) atoms. The summed E-state index contributed by atoms with van der Waals surface area (Å²) in [4.78, 5) is 10.5. The van der Waals surface area contributed by atoms with Crippen LogP contribution in [-0.4, -0.2) is 12.4 Å². The Hall–Kier alpha value is -2.43. The van der Waals surface area contributed by atoms with E-state index in [1.165, 1.54) is 12.1 Å². The fraction of sp³-hybridized carbons (Fsp3) is 0.133. The van der Waals surface area contributed by atoms with Gasteiger partial charge < -0.3 is 9.47 Å². The molecule has 0 spiro atoms. The summed E-state index contributed by atoms with van der Waals surface area (Å²) in [6.07, 6.45) is -2.52. The minimum Gasteiger partial charge on any atom is -0.457 e. The summed E-state index contributed by atoms with van der Waals surface area (Å²) in [5.74, 6) is 0.876. The third-order valence-electron chi connectivity index (χ3n) is 2.35. The highest BCUT2D eigenvalue weighted by Gasteiger charge is 2.23. The zero-order chi connectivity index (χ0) is 14.6. The van der Waals surface area contributed by atoms with Crippen molar-refractivity contribution < 1.29 is 23.0 Å². The Kier molecular flexibility index (Phi) is 3.98. The number of halogens is 2. The lowest BCUT2D eigenvalue weighted by molar-refractivity contribution is -0.158. The molecule has 0 bridgehead atoms. The van der Waals surface area contributed by atoms with Gasteiger partial charge in [-0.2, -0.15) is 8.78 Å². The number of aldehydes is 1. The highest BCUT2D eigenvalue weighted by Crippen LogP contribution is 2.28. The van der Waals surface area contributed by atoms with Gasteiger partial charge in [-0.25, -0.2) is 0 Å². The van der Waals surface area contributed by atoms with Gasteiger partial charge in [0.25, 0.3) is 0 Å². The summed E-state index contributed by atoms with van der Waals surface area (Å²) in [7, 11) is 0. The minimum absolute atomic E-state index is 0.0134. The molecule has 5 heteroatoms. The van der Waals surface area contributed by atoms with E-state index >= 15 is 0 Å². The first kappa shape index (κ1) is 14.0. The van der Waals surface area contributed by atoms with Crippen molar-refractivity contribution in [2.24, 2.45) is 0 Å². The van der Waals surface area contributed by atoms with Crippen LogP contribution in [0.2, 0.25) is 0 Å². The van der Waals surface area contributed by atoms with Crippen molar-refractivity contribution in [1.29, 1.82) is 0 Å². The molecule has 0 heterocycles. The number of carbonyl (C=O) groups is 1. The smallest absolute Gasteiger partial charge is 0.394 e. The van der Waals surface area contributed by atoms with E-state index in [0.717, 1.165) is 6.29 Å². The molecule has 0 radical (unpaired) electrons. The van der Waals surface area contributed by atoms with E-state index in [9.17, 15) is 13.6 Å². The van der Waals surface area contributed by atoms with Gasteiger partial charge in [0, 0.05) is 18.6 Å². The Bertz CT molecular complexity index is 589. The van der Waals surface area contributed by atoms with E-state index in [-0.39, 0.29) is 5.75 Å². The predicted molar refractivity (Wildman–Crippen MR) is 69.6 cm³/mol. The van der Waals surface area contributed by atoms with Gasteiger partial charge in [-0.15, -0.1) is 0 Å². The maximum absolute atomic E-state index is 12.8. The van der Waals surface area contributed by atoms with Gasteiger partial charge in [-0.3, -0.25) is 4.79 Å². The molecular weight excluding hydrogens is 266 g/mol. The maximum Gasteiger partial charge on any atom is 0.394 e. The largest absolute Gasteiger partial charge is 0.457 e. The summed E-state index contributed by atoms with van der Waals surface area (Å²) in [5, 5.41) is 0. The standard InChI is InChI=1S/C15H12F2O3/c1-15(16,17)20-14-4-2-3-13(9-14)19-12-7-5-11(10-18)6-8-12/h2-10H,1H3. The predicted octanol–water partition coefficient (Wildman–Crippen LogP) is 4.28. The van der Waals surface area contributed by atoms with E-state index in [0.29, 0.717) is 24.0 Å². The molecule has 0 aliphatic rings. The second kappa shape index (κ2) is 5.69. The first-order valence-corrected chi connectivity index (χ1v) is 5.86. The molecule has 3 nitrogen and oxygen atoms in total. The number of hydrogen-bond acceptors (Lipinski definition) is 3. The lowest BCUT2D eigenvalue weighted by Crippen LogP contribution is -2.18. The Morgan fingerprint density at radius 3 is 2.25 bits per heavy atom. The second-order valence-electron chi connectivity index (χ2n) is 4.17. The molecule has 0 aromatic heterocycles. The van der Waals surface area contributed by atoms with Crippen LogP contribution < -0.4 is 9.47 Å². The van der Waals surface area contributed by atoms with Crippen LogP contribution in [0.1, 0.15) is 17.3 Å². The van der Waals surface area contributed by atoms with Gasteiger partial charge >= 0.3 is 6.11 Å². The number of carbonyl (C=O) groups excluding carboxylic acids is 1. The van der Waals surface area contributed by atoms with Crippen LogP contribution >= 0.6 is 0 Å². The van der Waals surface area contributed by atoms with E-state index in [1.807, 2.05) is 0 Å². The second-order valence-corrected chi connectivity index (χ2v) is 4.17. The Labute approximate surface area is 114 Å². The molecule has 2 aromatic carbocycles. The van der Waals surface area contributed by atoms with Crippen LogP contribution in [-0.2, 0) is 0 Å². The third-order valence-corrected chi connectivity index (χ3v) is 2.35. The van der Waals surface area contributed by atoms with Crippen molar-refractivity contribution in [2.75, 3.05) is 0 Å². The topological polar surface area (TPSA) is 35.5 Å². The average molecular weight is 278 g/mol. The average Bonchev–Trinajstić information content (AvgIpc) is 2.38. The summed E-state index contributed by atoms with van der Waals surface area (Å²) in [5.41, 5.74) is 0.528. The first-order chi connectivity index (χ1) is 9.46. The van der Waals surface area contributed by atoms with E-state index in [1.54, 1.807) is 36.4 Å². The maximum atomic E-state index is 12.8. The molecule has 0 fully saturated rings. The molecule has 0 unspecified atom stereocenters. The number of alkyl halides is 2. The molecule has 2 rings (SSSR count). The number of rotatable bonds is 5. The van der Waals surface area contributed by atoms with Crippen LogP contribution in [0.4, 0.5) is 8.78 Å². The molecule has 0 aliphatic heterocycles. The lowest BCUT2D eigenvalue weighted by Gasteiger charge is -2.13. The molecule has 0 atom stereocenters. The van der Waals surface area contributed by atoms with Gasteiger partial charge in [-0.05, 0) is 36.4 Å². The van der Waals surface area contributed by atoms with Crippen molar-refractivity contribution in [2.45, 2.75) is 13.0 Å². The van der Waals surface area contributed by atoms with Crippen LogP contribution in [0.25, 0.3) is 0 Å². The van der Waals surface area contributed by atoms with Crippen LogP contribution in [0.5, 0.6) is 17.2 Å². The molecule has 104 valence electrons. The minimum atomic E-state index is -3.25. The summed E-state index contributed by atoms with van der Waals surface area (Å²) in [6.45, 7) is 0.665. The van der Waals surface area contributed by atoms with Crippen molar-refractivity contribution in [3.63, 3.8) is 0 Å². The monoisotopic (exact) mass is 278 g/mol. The van der Waals surface area contributed by atoms with Gasteiger partial charge in [0.1, 0.15) is 23.5 Å². The SMILES string of the molecule is CC(F)(F)Oc1cccc(Oc2ccc(C=O)cc2)c1. The zero-order valence-corrected chi connectivity index (χ0v) is 10.7. The van der Waals surface area contributed by atoms with Gasteiger partial charge in [0.15, 0.2) is 0 Å². The normalized spacial score (nSPS) is 10.9. The first-order valence-electron chi connectivity index (χ1n) is 5.86. The van der Waals surface area contributed by atoms with Crippen LogP contribution in [0, 0.1) is 0 Å². The molecule has 0 N–H and O–H groups in total. The highest BCUT2D eigenvalue weighted by atomic mass is 19.3. The summed E-state index contributed by atoms with van der Waals surface area (Å²) in [6, 6.07) is 12.4. The number of benzene rings is 2. The summed E-state index contributed by atoms with van der Waals surface area (Å²) >= 11 is 0. The fourth-order valence-electron chi connectivity index (χ4n) is 1.56. The highest BCUT2D eigenvalue weighted by molar-refractivity contribution is 5.74. The molecule has 0 saturated heterocycles. The van der Waals surface area contributed by atoms with Gasteiger partial charge in [-0.1, -0.05) is 6.07 Å². The van der Waals surface area contributed by atoms with Crippen LogP contribution in [0.3, 0.4) is 0 Å². The third kappa shape index (κ3) is 4.05. The fourth-order valence-corrected chi connectivity index (χ4v) is 1.56. The Morgan fingerprint density at radius 1 is 1.00 bits per heavy atom. The molecule has 2 aromatic rings. The molecule has 0 aliphatic carbocycles. The lowest BCUT2D eigenvalue weighted by atomic mass is 10.2. The van der Waals surface area contributed by atoms with E-state index in [2.05, 4.69) is 4.74 Å². The number of hydrogen-bond donors (Lipinski definition) is 0. The molecular formula is C15H12F2O3. The van der Waals surface area contributed by atoms with E-state index < -0.39 is 6.11 Å². The van der Waals surface area contributed by atoms with Crippen LogP contribution in [0.15, 0.2) is 48.5 Å². The van der Waals surface area contributed by atoms with Gasteiger partial charge in [0.05, 0.1) is 0 Å².